The molecule has 112 valence electrons. The lowest BCUT2D eigenvalue weighted by molar-refractivity contribution is 0.217. The summed E-state index contributed by atoms with van der Waals surface area (Å²) in [5.74, 6) is 1.52. The van der Waals surface area contributed by atoms with Crippen LogP contribution in [0.5, 0.6) is 0 Å². The summed E-state index contributed by atoms with van der Waals surface area (Å²) in [7, 11) is 2.20. The normalized spacial score (nSPS) is 19.6. The predicted octanol–water partition coefficient (Wildman–Crippen LogP) is 1.72. The lowest BCUT2D eigenvalue weighted by Crippen LogP contribution is -2.35. The van der Waals surface area contributed by atoms with E-state index in [1.54, 1.807) is 4.68 Å². The van der Waals surface area contributed by atoms with Crippen LogP contribution in [0, 0.1) is 12.8 Å². The highest BCUT2D eigenvalue weighted by atomic mass is 15.5. The van der Waals surface area contributed by atoms with Crippen LogP contribution in [0.15, 0.2) is 24.3 Å². The Morgan fingerprint density at radius 1 is 1.38 bits per heavy atom. The fourth-order valence-electron chi connectivity index (χ4n) is 2.92. The second-order valence-corrected chi connectivity index (χ2v) is 5.84. The van der Waals surface area contributed by atoms with Crippen molar-refractivity contribution < 1.29 is 0 Å². The molecular weight excluding hydrogens is 264 g/mol. The molecule has 6 heteroatoms. The van der Waals surface area contributed by atoms with E-state index in [4.69, 9.17) is 0 Å². The molecule has 2 heterocycles. The monoisotopic (exact) mass is 286 g/mol. The molecule has 3 rings (SSSR count). The van der Waals surface area contributed by atoms with Crippen LogP contribution in [0.4, 0.5) is 5.69 Å². The quantitative estimate of drug-likeness (QED) is 0.927. The summed E-state index contributed by atoms with van der Waals surface area (Å²) >= 11 is 0. The zero-order valence-electron chi connectivity index (χ0n) is 12.7. The number of likely N-dealkylation sites (tertiary alicyclic amines) is 1. The molecule has 0 bridgehead atoms. The van der Waals surface area contributed by atoms with Gasteiger partial charge >= 0.3 is 0 Å². The van der Waals surface area contributed by atoms with E-state index in [9.17, 15) is 0 Å². The largest absolute Gasteiger partial charge is 0.385 e. The molecule has 1 saturated heterocycles. The third kappa shape index (κ3) is 3.39. The van der Waals surface area contributed by atoms with Gasteiger partial charge < -0.3 is 10.2 Å². The maximum Gasteiger partial charge on any atom is 0.153 e. The molecule has 1 atom stereocenters. The fraction of sp³-hybridized carbons (Fsp3) is 0.533. The van der Waals surface area contributed by atoms with Crippen LogP contribution in [-0.2, 0) is 0 Å². The molecule has 0 amide bonds. The first-order chi connectivity index (χ1) is 10.2. The highest BCUT2D eigenvalue weighted by Crippen LogP contribution is 2.18. The summed E-state index contributed by atoms with van der Waals surface area (Å²) in [5, 5.41) is 15.2. The number of piperidine rings is 1. The molecular formula is C15H22N6. The second-order valence-electron chi connectivity index (χ2n) is 5.84. The number of nitrogens with zero attached hydrogens (tertiary/aromatic N) is 5. The highest BCUT2D eigenvalue weighted by molar-refractivity contribution is 5.51. The molecule has 1 N–H and O–H groups in total. The Balaban J connectivity index is 1.65. The van der Waals surface area contributed by atoms with E-state index in [0.717, 1.165) is 29.7 Å². The molecule has 0 saturated carbocycles. The van der Waals surface area contributed by atoms with E-state index in [1.807, 2.05) is 19.1 Å². The Hall–Kier alpha value is -1.95. The van der Waals surface area contributed by atoms with Gasteiger partial charge in [-0.25, -0.2) is 0 Å². The third-order valence-electron chi connectivity index (χ3n) is 4.03. The summed E-state index contributed by atoms with van der Waals surface area (Å²) in [4.78, 5) is 2.41. The van der Waals surface area contributed by atoms with Gasteiger partial charge in [0.05, 0.1) is 5.69 Å². The number of anilines is 1. The number of nitrogens with one attached hydrogen (secondary N) is 1. The summed E-state index contributed by atoms with van der Waals surface area (Å²) in [6.07, 6.45) is 2.61. The van der Waals surface area contributed by atoms with Gasteiger partial charge in [-0.15, -0.1) is 5.10 Å². The molecule has 1 aliphatic rings. The zero-order valence-corrected chi connectivity index (χ0v) is 12.7. The van der Waals surface area contributed by atoms with Gasteiger partial charge in [-0.1, -0.05) is 6.07 Å². The molecule has 1 aromatic carbocycles. The molecule has 1 aliphatic heterocycles. The lowest BCUT2D eigenvalue weighted by Gasteiger charge is -2.30. The molecule has 1 aromatic heterocycles. The first kappa shape index (κ1) is 14.0. The maximum atomic E-state index is 4.01. The maximum absolute atomic E-state index is 4.01. The van der Waals surface area contributed by atoms with E-state index >= 15 is 0 Å². The topological polar surface area (TPSA) is 58.9 Å². The summed E-state index contributed by atoms with van der Waals surface area (Å²) in [5.41, 5.74) is 2.11. The highest BCUT2D eigenvalue weighted by Gasteiger charge is 2.16. The van der Waals surface area contributed by atoms with Crippen LogP contribution in [0.2, 0.25) is 0 Å². The predicted molar refractivity (Wildman–Crippen MR) is 82.6 cm³/mol. The molecule has 0 radical (unpaired) electrons. The fourth-order valence-corrected chi connectivity index (χ4v) is 2.92. The van der Waals surface area contributed by atoms with Gasteiger partial charge in [0.2, 0.25) is 0 Å². The van der Waals surface area contributed by atoms with Crippen LogP contribution < -0.4 is 5.32 Å². The van der Waals surface area contributed by atoms with Gasteiger partial charge in [-0.2, -0.15) is 4.68 Å². The van der Waals surface area contributed by atoms with Gasteiger partial charge in [-0.05, 0) is 67.9 Å². The van der Waals surface area contributed by atoms with Crippen molar-refractivity contribution in [3.63, 3.8) is 0 Å². The molecule has 1 unspecified atom stereocenters. The number of hydrogen-bond donors (Lipinski definition) is 1. The second kappa shape index (κ2) is 6.22. The Labute approximate surface area is 125 Å². The standard InChI is InChI=1S/C15H22N6/c1-12-17-18-19-21(12)15-7-3-6-14(9-15)16-10-13-5-4-8-20(2)11-13/h3,6-7,9,13,16H,4-5,8,10-11H2,1-2H3. The minimum absolute atomic E-state index is 0.724. The van der Waals surface area contributed by atoms with E-state index in [-0.39, 0.29) is 0 Å². The number of aromatic nitrogens is 4. The summed E-state index contributed by atoms with van der Waals surface area (Å²) in [6.45, 7) is 5.32. The Morgan fingerprint density at radius 3 is 3.05 bits per heavy atom. The van der Waals surface area contributed by atoms with E-state index in [0.29, 0.717) is 0 Å². The molecule has 2 aromatic rings. The first-order valence-corrected chi connectivity index (χ1v) is 7.50. The summed E-state index contributed by atoms with van der Waals surface area (Å²) in [6, 6.07) is 8.24. The molecule has 0 spiro atoms. The van der Waals surface area contributed by atoms with Gasteiger partial charge in [0.1, 0.15) is 0 Å². The molecule has 1 fully saturated rings. The average Bonchev–Trinajstić information content (AvgIpc) is 2.92. The van der Waals surface area contributed by atoms with Crippen LogP contribution in [0.1, 0.15) is 18.7 Å². The van der Waals surface area contributed by atoms with E-state index < -0.39 is 0 Å². The molecule has 0 aliphatic carbocycles. The van der Waals surface area contributed by atoms with Crippen LogP contribution >= 0.6 is 0 Å². The van der Waals surface area contributed by atoms with Crippen molar-refractivity contribution in [2.75, 3.05) is 32.0 Å². The van der Waals surface area contributed by atoms with Gasteiger partial charge in [0.15, 0.2) is 5.82 Å². The van der Waals surface area contributed by atoms with Crippen molar-refractivity contribution in [3.8, 4) is 5.69 Å². The van der Waals surface area contributed by atoms with Crippen molar-refractivity contribution in [2.24, 2.45) is 5.92 Å². The Bertz CT molecular complexity index is 593. The Kier molecular flexibility index (Phi) is 4.15. The number of rotatable bonds is 4. The Morgan fingerprint density at radius 2 is 2.29 bits per heavy atom. The van der Waals surface area contributed by atoms with Crippen LogP contribution in [0.25, 0.3) is 5.69 Å². The minimum Gasteiger partial charge on any atom is -0.385 e. The van der Waals surface area contributed by atoms with Gasteiger partial charge in [0.25, 0.3) is 0 Å². The number of hydrogen-bond acceptors (Lipinski definition) is 5. The van der Waals surface area contributed by atoms with Gasteiger partial charge in [0, 0.05) is 18.8 Å². The SMILES string of the molecule is Cc1nnnn1-c1cccc(NCC2CCCN(C)C2)c1. The number of tetrazole rings is 1. The molecule has 6 nitrogen and oxygen atoms in total. The van der Waals surface area contributed by atoms with Crippen molar-refractivity contribution in [2.45, 2.75) is 19.8 Å². The number of benzene rings is 1. The van der Waals surface area contributed by atoms with Crippen molar-refractivity contribution in [1.82, 2.24) is 25.1 Å². The van der Waals surface area contributed by atoms with Crippen molar-refractivity contribution in [1.29, 1.82) is 0 Å². The van der Waals surface area contributed by atoms with E-state index in [2.05, 4.69) is 44.9 Å². The average molecular weight is 286 g/mol. The van der Waals surface area contributed by atoms with Gasteiger partial charge in [-0.3, -0.25) is 0 Å². The third-order valence-corrected chi connectivity index (χ3v) is 4.03. The van der Waals surface area contributed by atoms with Crippen molar-refractivity contribution in [3.05, 3.63) is 30.1 Å². The molecule has 21 heavy (non-hydrogen) atoms. The smallest absolute Gasteiger partial charge is 0.153 e. The summed E-state index contributed by atoms with van der Waals surface area (Å²) < 4.78 is 1.75. The minimum atomic E-state index is 0.724. The van der Waals surface area contributed by atoms with Crippen LogP contribution in [0.3, 0.4) is 0 Å². The number of aryl methyl sites for hydroxylation is 1. The zero-order chi connectivity index (χ0) is 14.7. The van der Waals surface area contributed by atoms with E-state index in [1.165, 1.54) is 25.9 Å². The first-order valence-electron chi connectivity index (χ1n) is 7.50. The van der Waals surface area contributed by atoms with Crippen molar-refractivity contribution >= 4 is 5.69 Å². The van der Waals surface area contributed by atoms with Crippen LogP contribution in [-0.4, -0.2) is 51.8 Å². The lowest BCUT2D eigenvalue weighted by atomic mass is 9.98.